The molecule has 0 saturated heterocycles. The molecule has 0 aliphatic carbocycles. The number of halogens is 1. The number of hydrogen-bond acceptors (Lipinski definition) is 5. The summed E-state index contributed by atoms with van der Waals surface area (Å²) in [7, 11) is -4.53. The number of carbonyl (C=O) groups is 1. The number of nitrogens with zero attached hydrogens (tertiary/aromatic N) is 1. The van der Waals surface area contributed by atoms with Gasteiger partial charge in [-0.1, -0.05) is 0 Å². The van der Waals surface area contributed by atoms with Crippen molar-refractivity contribution in [3.63, 3.8) is 0 Å². The highest BCUT2D eigenvalue weighted by Crippen LogP contribution is 2.24. The fraction of sp³-hybridized carbons (Fsp3) is 0. The minimum Gasteiger partial charge on any atom is -0.366 e. The van der Waals surface area contributed by atoms with Crippen molar-refractivity contribution in [2.45, 2.75) is 4.90 Å². The van der Waals surface area contributed by atoms with Gasteiger partial charge in [0.25, 0.3) is 11.6 Å². The monoisotopic (exact) mass is 263 g/mol. The summed E-state index contributed by atoms with van der Waals surface area (Å²) in [5, 5.41) is 15.1. The molecule has 0 aliphatic rings. The molecule has 1 amide bonds. The second-order valence-electron chi connectivity index (χ2n) is 2.97. The van der Waals surface area contributed by atoms with E-state index in [9.17, 15) is 27.7 Å². The van der Waals surface area contributed by atoms with E-state index in [1.54, 1.807) is 0 Å². The van der Waals surface area contributed by atoms with Gasteiger partial charge in [0.1, 0.15) is 4.90 Å². The number of nitro benzene ring substituents is 1. The molecule has 17 heavy (non-hydrogen) atoms. The number of primary sulfonamides is 1. The van der Waals surface area contributed by atoms with Crippen molar-refractivity contribution in [3.05, 3.63) is 33.6 Å². The first-order chi connectivity index (χ1) is 7.64. The van der Waals surface area contributed by atoms with Crippen LogP contribution in [0.2, 0.25) is 0 Å². The van der Waals surface area contributed by atoms with E-state index in [4.69, 9.17) is 5.73 Å². The summed E-state index contributed by atoms with van der Waals surface area (Å²) in [4.78, 5) is 19.1. The van der Waals surface area contributed by atoms with E-state index >= 15 is 0 Å². The summed E-state index contributed by atoms with van der Waals surface area (Å²) < 4.78 is 35.4. The zero-order valence-corrected chi connectivity index (χ0v) is 8.90. The SMILES string of the molecule is NC(=O)c1cc([N+](=O)[O-])cc(S(N)(=O)=O)c1F. The van der Waals surface area contributed by atoms with Crippen LogP contribution in [-0.2, 0) is 10.0 Å². The minimum absolute atomic E-state index is 0.414. The second kappa shape index (κ2) is 4.07. The van der Waals surface area contributed by atoms with Crippen molar-refractivity contribution in [1.29, 1.82) is 0 Å². The van der Waals surface area contributed by atoms with Crippen LogP contribution >= 0.6 is 0 Å². The lowest BCUT2D eigenvalue weighted by molar-refractivity contribution is -0.385. The van der Waals surface area contributed by atoms with Gasteiger partial charge in [-0.15, -0.1) is 0 Å². The summed E-state index contributed by atoms with van der Waals surface area (Å²) in [5.74, 6) is -2.85. The molecule has 1 aromatic carbocycles. The van der Waals surface area contributed by atoms with Gasteiger partial charge >= 0.3 is 0 Å². The van der Waals surface area contributed by atoms with Crippen molar-refractivity contribution >= 4 is 21.6 Å². The Bertz CT molecular complexity index is 612. The molecule has 0 aromatic heterocycles. The normalized spacial score (nSPS) is 11.2. The molecule has 0 heterocycles. The zero-order chi connectivity index (χ0) is 13.4. The van der Waals surface area contributed by atoms with Gasteiger partial charge in [-0.2, -0.15) is 0 Å². The van der Waals surface area contributed by atoms with E-state index in [1.807, 2.05) is 0 Å². The molecule has 92 valence electrons. The highest BCUT2D eigenvalue weighted by molar-refractivity contribution is 7.89. The first kappa shape index (κ1) is 13.0. The molecule has 0 aliphatic heterocycles. The van der Waals surface area contributed by atoms with Crippen molar-refractivity contribution < 1.29 is 22.5 Å². The highest BCUT2D eigenvalue weighted by atomic mass is 32.2. The van der Waals surface area contributed by atoms with Crippen LogP contribution in [0.3, 0.4) is 0 Å². The van der Waals surface area contributed by atoms with Crippen LogP contribution in [0.15, 0.2) is 17.0 Å². The quantitative estimate of drug-likeness (QED) is 0.556. The van der Waals surface area contributed by atoms with Crippen molar-refractivity contribution in [1.82, 2.24) is 0 Å². The highest BCUT2D eigenvalue weighted by Gasteiger charge is 2.25. The van der Waals surface area contributed by atoms with Crippen LogP contribution in [0.1, 0.15) is 10.4 Å². The lowest BCUT2D eigenvalue weighted by Gasteiger charge is -2.04. The number of nitro groups is 1. The summed E-state index contributed by atoms with van der Waals surface area (Å²) in [6, 6.07) is 0.948. The van der Waals surface area contributed by atoms with Crippen molar-refractivity contribution in [3.8, 4) is 0 Å². The Balaban J connectivity index is 3.73. The van der Waals surface area contributed by atoms with E-state index in [2.05, 4.69) is 5.14 Å². The molecule has 8 nitrogen and oxygen atoms in total. The second-order valence-corrected chi connectivity index (χ2v) is 4.50. The van der Waals surface area contributed by atoms with Gasteiger partial charge in [0, 0.05) is 12.1 Å². The summed E-state index contributed by atoms with van der Waals surface area (Å²) in [6.45, 7) is 0. The van der Waals surface area contributed by atoms with Gasteiger partial charge in [-0.3, -0.25) is 14.9 Å². The van der Waals surface area contributed by atoms with Gasteiger partial charge in [0.15, 0.2) is 5.82 Å². The molecule has 0 radical (unpaired) electrons. The molecule has 0 fully saturated rings. The maximum atomic E-state index is 13.5. The molecule has 0 spiro atoms. The van der Waals surface area contributed by atoms with E-state index in [0.29, 0.717) is 12.1 Å². The molecule has 0 saturated carbocycles. The molecule has 0 bridgehead atoms. The Morgan fingerprint density at radius 3 is 2.29 bits per heavy atom. The molecular weight excluding hydrogens is 257 g/mol. The molecule has 0 unspecified atom stereocenters. The number of sulfonamides is 1. The number of primary amides is 1. The van der Waals surface area contributed by atoms with Crippen LogP contribution in [0, 0.1) is 15.9 Å². The first-order valence-corrected chi connectivity index (χ1v) is 5.49. The van der Waals surface area contributed by atoms with E-state index in [0.717, 1.165) is 0 Å². The fourth-order valence-corrected chi connectivity index (χ4v) is 1.72. The third-order valence-corrected chi connectivity index (χ3v) is 2.72. The maximum absolute atomic E-state index is 13.5. The van der Waals surface area contributed by atoms with E-state index in [-0.39, 0.29) is 0 Å². The number of rotatable bonds is 3. The van der Waals surface area contributed by atoms with Gasteiger partial charge in [0.05, 0.1) is 10.5 Å². The summed E-state index contributed by atoms with van der Waals surface area (Å²) >= 11 is 0. The number of amides is 1. The predicted molar refractivity (Wildman–Crippen MR) is 52.9 cm³/mol. The average Bonchev–Trinajstić information content (AvgIpc) is 2.15. The number of non-ortho nitro benzene ring substituents is 1. The van der Waals surface area contributed by atoms with Gasteiger partial charge in [0.2, 0.25) is 10.0 Å². The number of benzene rings is 1. The number of nitrogens with two attached hydrogens (primary N) is 2. The zero-order valence-electron chi connectivity index (χ0n) is 8.08. The first-order valence-electron chi connectivity index (χ1n) is 3.95. The third kappa shape index (κ3) is 2.54. The van der Waals surface area contributed by atoms with Gasteiger partial charge < -0.3 is 5.73 Å². The smallest absolute Gasteiger partial charge is 0.271 e. The molecule has 4 N–H and O–H groups in total. The Kier molecular flexibility index (Phi) is 3.11. The third-order valence-electron chi connectivity index (χ3n) is 1.81. The van der Waals surface area contributed by atoms with E-state index < -0.39 is 42.8 Å². The van der Waals surface area contributed by atoms with Crippen molar-refractivity contribution in [2.75, 3.05) is 0 Å². The van der Waals surface area contributed by atoms with Crippen LogP contribution in [0.25, 0.3) is 0 Å². The minimum atomic E-state index is -4.53. The number of carbonyl (C=O) groups excluding carboxylic acids is 1. The van der Waals surface area contributed by atoms with E-state index in [1.165, 1.54) is 0 Å². The molecule has 1 aromatic rings. The fourth-order valence-electron chi connectivity index (χ4n) is 1.08. The summed E-state index contributed by atoms with van der Waals surface area (Å²) in [5.41, 5.74) is 3.04. The predicted octanol–water partition coefficient (Wildman–Crippen LogP) is -0.520. The molecule has 0 atom stereocenters. The molecular formula is C7H6FN3O5S. The van der Waals surface area contributed by atoms with Crippen LogP contribution < -0.4 is 10.9 Å². The Labute approximate surface area is 94.2 Å². The standard InChI is InChI=1S/C7H6FN3O5S/c8-6-4(7(9)12)1-3(11(13)14)2-5(6)17(10,15)16/h1-2H,(H2,9,12)(H2,10,15,16). The Hall–Kier alpha value is -2.07. The largest absolute Gasteiger partial charge is 0.366 e. The van der Waals surface area contributed by atoms with Gasteiger partial charge in [-0.25, -0.2) is 17.9 Å². The lowest BCUT2D eigenvalue weighted by Crippen LogP contribution is -2.19. The number of hydrogen-bond donors (Lipinski definition) is 2. The van der Waals surface area contributed by atoms with Crippen LogP contribution in [-0.4, -0.2) is 19.2 Å². The average molecular weight is 263 g/mol. The molecule has 1 rings (SSSR count). The van der Waals surface area contributed by atoms with Crippen LogP contribution in [0.4, 0.5) is 10.1 Å². The molecule has 10 heteroatoms. The van der Waals surface area contributed by atoms with Gasteiger partial charge in [-0.05, 0) is 0 Å². The Morgan fingerprint density at radius 2 is 1.94 bits per heavy atom. The van der Waals surface area contributed by atoms with Crippen LogP contribution in [0.5, 0.6) is 0 Å². The summed E-state index contributed by atoms with van der Waals surface area (Å²) in [6.07, 6.45) is 0. The lowest BCUT2D eigenvalue weighted by atomic mass is 10.2. The maximum Gasteiger partial charge on any atom is 0.271 e. The van der Waals surface area contributed by atoms with Crippen molar-refractivity contribution in [2.24, 2.45) is 10.9 Å². The topological polar surface area (TPSA) is 146 Å². The Morgan fingerprint density at radius 1 is 1.41 bits per heavy atom.